The number of likely N-dealkylation sites (N-methyl/N-ethyl adjacent to an activating group) is 2. The molecule has 0 aliphatic heterocycles. The van der Waals surface area contributed by atoms with Crippen LogP contribution < -0.4 is 5.32 Å². The van der Waals surface area contributed by atoms with Crippen LogP contribution in [0.25, 0.3) is 0 Å². The highest BCUT2D eigenvalue weighted by Gasteiger charge is 2.01. The summed E-state index contributed by atoms with van der Waals surface area (Å²) < 4.78 is 0. The van der Waals surface area contributed by atoms with Gasteiger partial charge in [-0.25, -0.2) is 0 Å². The zero-order valence-corrected chi connectivity index (χ0v) is 18.5. The molecule has 2 heteroatoms. The van der Waals surface area contributed by atoms with Crippen molar-refractivity contribution in [2.75, 3.05) is 32.7 Å². The Labute approximate surface area is 166 Å². The summed E-state index contributed by atoms with van der Waals surface area (Å²) in [4.78, 5) is 2.58. The Morgan fingerprint density at radius 3 is 1.69 bits per heavy atom. The maximum atomic E-state index is 3.42. The van der Waals surface area contributed by atoms with Crippen LogP contribution in [-0.2, 0) is 0 Å². The zero-order valence-electron chi connectivity index (χ0n) is 18.5. The van der Waals surface area contributed by atoms with Crippen molar-refractivity contribution in [3.8, 4) is 0 Å². The smallest absolute Gasteiger partial charge is 0.0107 e. The predicted molar refractivity (Wildman–Crippen MR) is 120 cm³/mol. The third-order valence-corrected chi connectivity index (χ3v) is 5.29. The quantitative estimate of drug-likeness (QED) is 0.174. The highest BCUT2D eigenvalue weighted by molar-refractivity contribution is 4.81. The van der Waals surface area contributed by atoms with Gasteiger partial charge in [-0.2, -0.15) is 0 Å². The molecular weight excluding hydrogens is 316 g/mol. The van der Waals surface area contributed by atoms with Gasteiger partial charge in [0.1, 0.15) is 0 Å². The van der Waals surface area contributed by atoms with Crippen molar-refractivity contribution in [3.05, 3.63) is 12.2 Å². The van der Waals surface area contributed by atoms with Crippen LogP contribution in [0.2, 0.25) is 0 Å². The van der Waals surface area contributed by atoms with Crippen molar-refractivity contribution < 1.29 is 0 Å². The van der Waals surface area contributed by atoms with Gasteiger partial charge in [-0.05, 0) is 51.7 Å². The lowest BCUT2D eigenvalue weighted by atomic mass is 10.1. The lowest BCUT2D eigenvalue weighted by Crippen LogP contribution is -2.32. The third-order valence-electron chi connectivity index (χ3n) is 5.29. The van der Waals surface area contributed by atoms with Gasteiger partial charge in [0.15, 0.2) is 0 Å². The van der Waals surface area contributed by atoms with Crippen LogP contribution in [0.1, 0.15) is 111 Å². The van der Waals surface area contributed by atoms with E-state index in [0.29, 0.717) is 0 Å². The number of hydrogen-bond acceptors (Lipinski definition) is 2. The van der Waals surface area contributed by atoms with E-state index < -0.39 is 0 Å². The first-order chi connectivity index (χ1) is 12.8. The first-order valence-electron chi connectivity index (χ1n) is 11.9. The molecule has 0 heterocycles. The van der Waals surface area contributed by atoms with E-state index in [1.54, 1.807) is 0 Å². The van der Waals surface area contributed by atoms with Crippen molar-refractivity contribution in [1.29, 1.82) is 0 Å². The molecule has 0 saturated carbocycles. The number of hydrogen-bond donors (Lipinski definition) is 1. The summed E-state index contributed by atoms with van der Waals surface area (Å²) in [5.41, 5.74) is 0. The highest BCUT2D eigenvalue weighted by atomic mass is 15.1. The molecule has 0 aromatic heterocycles. The second-order valence-corrected chi connectivity index (χ2v) is 7.73. The average molecular weight is 367 g/mol. The molecule has 0 aromatic rings. The van der Waals surface area contributed by atoms with E-state index >= 15 is 0 Å². The van der Waals surface area contributed by atoms with Crippen LogP contribution in [0.5, 0.6) is 0 Å². The molecule has 0 fully saturated rings. The molecule has 156 valence electrons. The number of unbranched alkanes of at least 4 members (excludes halogenated alkanes) is 12. The fourth-order valence-corrected chi connectivity index (χ4v) is 3.42. The van der Waals surface area contributed by atoms with Gasteiger partial charge in [-0.1, -0.05) is 90.7 Å². The van der Waals surface area contributed by atoms with Crippen LogP contribution in [0.15, 0.2) is 12.2 Å². The van der Waals surface area contributed by atoms with E-state index in [1.807, 2.05) is 0 Å². The van der Waals surface area contributed by atoms with Gasteiger partial charge in [-0.15, -0.1) is 0 Å². The van der Waals surface area contributed by atoms with Gasteiger partial charge in [0.25, 0.3) is 0 Å². The minimum Gasteiger partial charge on any atom is -0.316 e. The molecule has 0 amide bonds. The summed E-state index contributed by atoms with van der Waals surface area (Å²) in [5.74, 6) is 0. The van der Waals surface area contributed by atoms with E-state index in [9.17, 15) is 0 Å². The maximum absolute atomic E-state index is 3.42. The monoisotopic (exact) mass is 366 g/mol. The van der Waals surface area contributed by atoms with Crippen molar-refractivity contribution in [3.63, 3.8) is 0 Å². The summed E-state index contributed by atoms with van der Waals surface area (Å²) in [5, 5.41) is 3.42. The minimum atomic E-state index is 1.09. The van der Waals surface area contributed by atoms with Crippen LogP contribution in [-0.4, -0.2) is 37.6 Å². The first kappa shape index (κ1) is 25.7. The standard InChI is InChI=1S/C24H50N2/c1-4-7-8-9-10-11-12-13-14-15-16-17-18-19-20-21-23-26(6-3)24-22-25-5-2/h13-14,25H,4-12,15-24H2,1-3H3. The van der Waals surface area contributed by atoms with E-state index in [1.165, 1.54) is 110 Å². The minimum absolute atomic E-state index is 1.09. The van der Waals surface area contributed by atoms with Crippen LogP contribution in [0, 0.1) is 0 Å². The summed E-state index contributed by atoms with van der Waals surface area (Å²) in [6.45, 7) is 12.7. The van der Waals surface area contributed by atoms with Crippen molar-refractivity contribution >= 4 is 0 Å². The number of allylic oxidation sites excluding steroid dienone is 2. The Kier molecular flexibility index (Phi) is 22.4. The molecular formula is C24H50N2. The summed E-state index contributed by atoms with van der Waals surface area (Å²) >= 11 is 0. The molecule has 2 nitrogen and oxygen atoms in total. The molecule has 0 rings (SSSR count). The SMILES string of the molecule is CCCCCCCCC=CCCCCCCCCN(CC)CCNCC. The second kappa shape index (κ2) is 22.7. The summed E-state index contributed by atoms with van der Waals surface area (Å²) in [6, 6.07) is 0. The third kappa shape index (κ3) is 20.0. The van der Waals surface area contributed by atoms with Gasteiger partial charge < -0.3 is 10.2 Å². The van der Waals surface area contributed by atoms with Crippen molar-refractivity contribution in [1.82, 2.24) is 10.2 Å². The van der Waals surface area contributed by atoms with E-state index in [0.717, 1.165) is 13.1 Å². The lowest BCUT2D eigenvalue weighted by Gasteiger charge is -2.20. The first-order valence-corrected chi connectivity index (χ1v) is 11.9. The van der Waals surface area contributed by atoms with Gasteiger partial charge in [-0.3, -0.25) is 0 Å². The van der Waals surface area contributed by atoms with Crippen molar-refractivity contribution in [2.45, 2.75) is 111 Å². The Bertz CT molecular complexity index is 275. The Morgan fingerprint density at radius 2 is 1.15 bits per heavy atom. The zero-order chi connectivity index (χ0) is 19.1. The molecule has 0 aromatic carbocycles. The molecule has 0 saturated heterocycles. The maximum Gasteiger partial charge on any atom is 0.0107 e. The van der Waals surface area contributed by atoms with Gasteiger partial charge in [0, 0.05) is 13.1 Å². The Balaban J connectivity index is 3.24. The molecule has 0 spiro atoms. The predicted octanol–water partition coefficient (Wildman–Crippen LogP) is 6.96. The van der Waals surface area contributed by atoms with Crippen LogP contribution in [0.3, 0.4) is 0 Å². The molecule has 0 atom stereocenters. The van der Waals surface area contributed by atoms with E-state index in [2.05, 4.69) is 43.1 Å². The molecule has 0 radical (unpaired) electrons. The Morgan fingerprint density at radius 1 is 0.615 bits per heavy atom. The van der Waals surface area contributed by atoms with Gasteiger partial charge >= 0.3 is 0 Å². The number of nitrogens with zero attached hydrogens (tertiary/aromatic N) is 1. The summed E-state index contributed by atoms with van der Waals surface area (Å²) in [7, 11) is 0. The molecule has 0 aliphatic rings. The second-order valence-electron chi connectivity index (χ2n) is 7.73. The molecule has 0 unspecified atom stereocenters. The molecule has 26 heavy (non-hydrogen) atoms. The lowest BCUT2D eigenvalue weighted by molar-refractivity contribution is 0.280. The largest absolute Gasteiger partial charge is 0.316 e. The highest BCUT2D eigenvalue weighted by Crippen LogP contribution is 2.10. The normalized spacial score (nSPS) is 11.8. The number of nitrogens with one attached hydrogen (secondary N) is 1. The fourth-order valence-electron chi connectivity index (χ4n) is 3.42. The van der Waals surface area contributed by atoms with E-state index in [-0.39, 0.29) is 0 Å². The number of rotatable bonds is 21. The fraction of sp³-hybridized carbons (Fsp3) is 0.917. The van der Waals surface area contributed by atoms with E-state index in [4.69, 9.17) is 0 Å². The average Bonchev–Trinajstić information content (AvgIpc) is 2.66. The Hall–Kier alpha value is -0.340. The molecule has 0 bridgehead atoms. The van der Waals surface area contributed by atoms with Crippen molar-refractivity contribution in [2.24, 2.45) is 0 Å². The topological polar surface area (TPSA) is 15.3 Å². The summed E-state index contributed by atoms with van der Waals surface area (Å²) in [6.07, 6.45) is 24.3. The molecule has 1 N–H and O–H groups in total. The van der Waals surface area contributed by atoms with Gasteiger partial charge in [0.05, 0.1) is 0 Å². The molecule has 0 aliphatic carbocycles. The van der Waals surface area contributed by atoms with Crippen LogP contribution >= 0.6 is 0 Å². The van der Waals surface area contributed by atoms with Gasteiger partial charge in [0.2, 0.25) is 0 Å². The van der Waals surface area contributed by atoms with Crippen LogP contribution in [0.4, 0.5) is 0 Å².